The van der Waals surface area contributed by atoms with E-state index >= 15 is 0 Å². The highest BCUT2D eigenvalue weighted by Crippen LogP contribution is 2.22. The van der Waals surface area contributed by atoms with Gasteiger partial charge in [-0.1, -0.05) is 17.7 Å². The van der Waals surface area contributed by atoms with Gasteiger partial charge in [-0.15, -0.1) is 0 Å². The van der Waals surface area contributed by atoms with Gasteiger partial charge in [-0.2, -0.15) is 0 Å². The van der Waals surface area contributed by atoms with Crippen LogP contribution in [0.15, 0.2) is 30.5 Å². The summed E-state index contributed by atoms with van der Waals surface area (Å²) in [5.74, 6) is -0.114. The van der Waals surface area contributed by atoms with E-state index in [-0.39, 0.29) is 5.91 Å². The third-order valence-corrected chi connectivity index (χ3v) is 4.28. The fourth-order valence-electron chi connectivity index (χ4n) is 2.86. The molecule has 23 heavy (non-hydrogen) atoms. The fraction of sp³-hybridized carbons (Fsp3) is 0.412. The van der Waals surface area contributed by atoms with Crippen molar-refractivity contribution in [3.8, 4) is 0 Å². The second-order valence-corrected chi connectivity index (χ2v) is 6.17. The molecule has 6 heteroatoms. The molecule has 2 heterocycles. The Bertz CT molecular complexity index is 685. The normalized spacial score (nSPS) is 15.7. The molecular weight excluding hydrogens is 312 g/mol. The minimum atomic E-state index is -0.114. The molecule has 0 aliphatic carbocycles. The van der Waals surface area contributed by atoms with Gasteiger partial charge in [0.1, 0.15) is 0 Å². The Morgan fingerprint density at radius 1 is 1.35 bits per heavy atom. The van der Waals surface area contributed by atoms with Gasteiger partial charge in [0.25, 0.3) is 5.91 Å². The number of aromatic nitrogens is 1. The maximum atomic E-state index is 12.4. The van der Waals surface area contributed by atoms with Crippen LogP contribution in [0.4, 0.5) is 0 Å². The smallest absolute Gasteiger partial charge is 0.253 e. The molecule has 1 aromatic heterocycles. The maximum Gasteiger partial charge on any atom is 0.253 e. The van der Waals surface area contributed by atoms with Crippen molar-refractivity contribution in [3.63, 3.8) is 0 Å². The Morgan fingerprint density at radius 2 is 2.17 bits per heavy atom. The van der Waals surface area contributed by atoms with Crippen LogP contribution < -0.4 is 10.6 Å². The molecule has 2 aromatic rings. The van der Waals surface area contributed by atoms with Crippen LogP contribution in [0.25, 0.3) is 10.9 Å². The van der Waals surface area contributed by atoms with Crippen LogP contribution in [-0.4, -0.2) is 55.1 Å². The molecule has 1 amide bonds. The van der Waals surface area contributed by atoms with Gasteiger partial charge in [0.15, 0.2) is 0 Å². The van der Waals surface area contributed by atoms with Gasteiger partial charge in [0, 0.05) is 49.3 Å². The van der Waals surface area contributed by atoms with E-state index in [1.165, 1.54) is 0 Å². The van der Waals surface area contributed by atoms with Gasteiger partial charge in [0.05, 0.1) is 11.1 Å². The highest BCUT2D eigenvalue weighted by molar-refractivity contribution is 6.32. The molecule has 122 valence electrons. The predicted molar refractivity (Wildman–Crippen MR) is 93.0 cm³/mol. The zero-order valence-electron chi connectivity index (χ0n) is 13.0. The van der Waals surface area contributed by atoms with Gasteiger partial charge < -0.3 is 15.5 Å². The maximum absolute atomic E-state index is 12.4. The van der Waals surface area contributed by atoms with Gasteiger partial charge in [-0.3, -0.25) is 9.78 Å². The van der Waals surface area contributed by atoms with Crippen LogP contribution in [-0.2, 0) is 0 Å². The standard InChI is InChI=1S/C17H21ClN4O/c18-14-11-13-3-1-4-20-16(13)15(12-14)17(23)21-5-2-8-22-9-6-19-7-10-22/h1,3-4,11-12,19H,2,5-10H2,(H,21,23). The highest BCUT2D eigenvalue weighted by Gasteiger charge is 2.13. The molecule has 0 bridgehead atoms. The molecule has 0 atom stereocenters. The Kier molecular flexibility index (Phi) is 5.43. The number of nitrogens with zero attached hydrogens (tertiary/aromatic N) is 2. The quantitative estimate of drug-likeness (QED) is 0.821. The second kappa shape index (κ2) is 7.73. The number of benzene rings is 1. The topological polar surface area (TPSA) is 57.3 Å². The van der Waals surface area contributed by atoms with Crippen LogP contribution in [0, 0.1) is 0 Å². The number of nitrogens with one attached hydrogen (secondary N) is 2. The lowest BCUT2D eigenvalue weighted by molar-refractivity contribution is 0.0952. The Labute approximate surface area is 141 Å². The largest absolute Gasteiger partial charge is 0.352 e. The monoisotopic (exact) mass is 332 g/mol. The molecule has 1 saturated heterocycles. The molecule has 1 fully saturated rings. The minimum absolute atomic E-state index is 0.114. The van der Waals surface area contributed by atoms with E-state index in [1.807, 2.05) is 18.2 Å². The van der Waals surface area contributed by atoms with E-state index in [2.05, 4.69) is 20.5 Å². The van der Waals surface area contributed by atoms with Gasteiger partial charge in [0.2, 0.25) is 0 Å². The van der Waals surface area contributed by atoms with Crippen LogP contribution in [0.3, 0.4) is 0 Å². The van der Waals surface area contributed by atoms with Crippen LogP contribution in [0.5, 0.6) is 0 Å². The average Bonchev–Trinajstić information content (AvgIpc) is 2.58. The number of piperazine rings is 1. The zero-order chi connectivity index (χ0) is 16.1. The summed E-state index contributed by atoms with van der Waals surface area (Å²) in [5.41, 5.74) is 1.23. The van der Waals surface area contributed by atoms with E-state index in [0.717, 1.165) is 44.5 Å². The number of halogens is 1. The van der Waals surface area contributed by atoms with Gasteiger partial charge in [-0.25, -0.2) is 0 Å². The number of carbonyl (C=O) groups is 1. The minimum Gasteiger partial charge on any atom is -0.352 e. The van der Waals surface area contributed by atoms with Crippen molar-refractivity contribution >= 4 is 28.4 Å². The summed E-state index contributed by atoms with van der Waals surface area (Å²) in [6.07, 6.45) is 2.63. The molecule has 1 aliphatic heterocycles. The summed E-state index contributed by atoms with van der Waals surface area (Å²) in [6, 6.07) is 7.26. The fourth-order valence-corrected chi connectivity index (χ4v) is 3.09. The van der Waals surface area contributed by atoms with Crippen molar-refractivity contribution in [1.82, 2.24) is 20.5 Å². The first-order valence-electron chi connectivity index (χ1n) is 7.99. The molecule has 0 saturated carbocycles. The first-order valence-corrected chi connectivity index (χ1v) is 8.37. The third-order valence-electron chi connectivity index (χ3n) is 4.06. The van der Waals surface area contributed by atoms with E-state index in [4.69, 9.17) is 11.6 Å². The van der Waals surface area contributed by atoms with Crippen molar-refractivity contribution in [2.24, 2.45) is 0 Å². The van der Waals surface area contributed by atoms with Gasteiger partial charge in [-0.05, 0) is 31.2 Å². The van der Waals surface area contributed by atoms with Crippen LogP contribution >= 0.6 is 11.6 Å². The number of rotatable bonds is 5. The van der Waals surface area contributed by atoms with E-state index in [1.54, 1.807) is 12.3 Å². The third kappa shape index (κ3) is 4.19. The predicted octanol–water partition coefficient (Wildman–Crippen LogP) is 1.91. The molecule has 1 aliphatic rings. The lowest BCUT2D eigenvalue weighted by atomic mass is 10.1. The van der Waals surface area contributed by atoms with Crippen molar-refractivity contribution in [2.45, 2.75) is 6.42 Å². The highest BCUT2D eigenvalue weighted by atomic mass is 35.5. The van der Waals surface area contributed by atoms with Crippen molar-refractivity contribution in [3.05, 3.63) is 41.0 Å². The molecule has 1 aromatic carbocycles. The average molecular weight is 333 g/mol. The SMILES string of the molecule is O=C(NCCCN1CCNCC1)c1cc(Cl)cc2cccnc12. The number of pyridine rings is 1. The van der Waals surface area contributed by atoms with Crippen LogP contribution in [0.2, 0.25) is 5.02 Å². The molecule has 5 nitrogen and oxygen atoms in total. The van der Waals surface area contributed by atoms with E-state index in [9.17, 15) is 4.79 Å². The molecule has 0 radical (unpaired) electrons. The molecule has 0 unspecified atom stereocenters. The zero-order valence-corrected chi connectivity index (χ0v) is 13.8. The number of amides is 1. The summed E-state index contributed by atoms with van der Waals surface area (Å²) in [7, 11) is 0. The van der Waals surface area contributed by atoms with E-state index in [0.29, 0.717) is 22.6 Å². The van der Waals surface area contributed by atoms with Crippen LogP contribution in [0.1, 0.15) is 16.8 Å². The number of hydrogen-bond donors (Lipinski definition) is 2. The number of fused-ring (bicyclic) bond motifs is 1. The summed E-state index contributed by atoms with van der Waals surface area (Å²) < 4.78 is 0. The molecule has 3 rings (SSSR count). The molecule has 2 N–H and O–H groups in total. The Hall–Kier alpha value is -1.69. The number of carbonyl (C=O) groups excluding carboxylic acids is 1. The lowest BCUT2D eigenvalue weighted by Gasteiger charge is -2.27. The second-order valence-electron chi connectivity index (χ2n) is 5.73. The summed E-state index contributed by atoms with van der Waals surface area (Å²) in [6.45, 7) is 5.92. The van der Waals surface area contributed by atoms with Crippen molar-refractivity contribution < 1.29 is 4.79 Å². The first kappa shape index (κ1) is 16.2. The summed E-state index contributed by atoms with van der Waals surface area (Å²) in [4.78, 5) is 19.2. The summed E-state index contributed by atoms with van der Waals surface area (Å²) >= 11 is 6.11. The Balaban J connectivity index is 1.58. The van der Waals surface area contributed by atoms with Gasteiger partial charge >= 0.3 is 0 Å². The van der Waals surface area contributed by atoms with Crippen molar-refractivity contribution in [2.75, 3.05) is 39.3 Å². The van der Waals surface area contributed by atoms with E-state index < -0.39 is 0 Å². The number of hydrogen-bond acceptors (Lipinski definition) is 4. The lowest BCUT2D eigenvalue weighted by Crippen LogP contribution is -2.44. The Morgan fingerprint density at radius 3 is 3.00 bits per heavy atom. The summed E-state index contributed by atoms with van der Waals surface area (Å²) in [5, 5.41) is 7.75. The van der Waals surface area contributed by atoms with Crippen molar-refractivity contribution in [1.29, 1.82) is 0 Å². The molecular formula is C17H21ClN4O. The molecule has 0 spiro atoms. The first-order chi connectivity index (χ1) is 11.2.